The van der Waals surface area contributed by atoms with Crippen LogP contribution in [0.25, 0.3) is 10.1 Å². The molecule has 0 aliphatic rings. The van der Waals surface area contributed by atoms with Gasteiger partial charge < -0.3 is 15.5 Å². The number of hydrogen-bond donors (Lipinski definition) is 2. The number of hydrogen-bond acceptors (Lipinski definition) is 4. The van der Waals surface area contributed by atoms with E-state index >= 15 is 0 Å². The molecule has 0 radical (unpaired) electrons. The Kier molecular flexibility index (Phi) is 3.43. The first kappa shape index (κ1) is 13.7. The molecule has 0 spiro atoms. The number of nitrogens with one attached hydrogen (secondary N) is 1. The highest BCUT2D eigenvalue weighted by atomic mass is 32.1. The monoisotopic (exact) mass is 300 g/mol. The molecule has 0 aliphatic heterocycles. The van der Waals surface area contributed by atoms with Gasteiger partial charge in [-0.15, -0.1) is 11.3 Å². The molecule has 0 atom stereocenters. The van der Waals surface area contributed by atoms with Crippen LogP contribution in [-0.2, 0) is 6.54 Å². The number of rotatable bonds is 3. The summed E-state index contributed by atoms with van der Waals surface area (Å²) in [5, 5.41) is 3.79. The predicted molar refractivity (Wildman–Crippen MR) is 85.6 cm³/mol. The minimum Gasteiger partial charge on any atom is -0.465 e. The van der Waals surface area contributed by atoms with Crippen molar-refractivity contribution in [3.05, 3.63) is 52.3 Å². The lowest BCUT2D eigenvalue weighted by atomic mass is 10.1. The third-order valence-corrected chi connectivity index (χ3v) is 4.49. The summed E-state index contributed by atoms with van der Waals surface area (Å²) < 4.78 is 6.46. The average Bonchev–Trinajstić information content (AvgIpc) is 3.01. The van der Waals surface area contributed by atoms with Crippen LogP contribution >= 0.6 is 11.3 Å². The van der Waals surface area contributed by atoms with Gasteiger partial charge in [0.1, 0.15) is 16.4 Å². The molecule has 2 aromatic heterocycles. The van der Waals surface area contributed by atoms with Gasteiger partial charge in [0.25, 0.3) is 5.91 Å². The van der Waals surface area contributed by atoms with E-state index < -0.39 is 0 Å². The van der Waals surface area contributed by atoms with Crippen LogP contribution in [0.4, 0.5) is 5.69 Å². The molecule has 0 aliphatic carbocycles. The summed E-state index contributed by atoms with van der Waals surface area (Å²) >= 11 is 1.41. The number of nitrogen functional groups attached to an aromatic ring is 1. The van der Waals surface area contributed by atoms with Crippen molar-refractivity contribution in [2.24, 2.45) is 0 Å². The Morgan fingerprint density at radius 3 is 2.81 bits per heavy atom. The highest BCUT2D eigenvalue weighted by molar-refractivity contribution is 7.21. The second kappa shape index (κ2) is 5.26. The Bertz CT molecular complexity index is 817. The fourth-order valence-corrected chi connectivity index (χ4v) is 3.25. The molecule has 1 aromatic carbocycles. The Labute approximate surface area is 126 Å². The molecule has 0 saturated heterocycles. The summed E-state index contributed by atoms with van der Waals surface area (Å²) in [7, 11) is 0. The molecule has 0 saturated carbocycles. The van der Waals surface area contributed by atoms with E-state index in [1.165, 1.54) is 11.3 Å². The third-order valence-electron chi connectivity index (χ3n) is 3.31. The molecule has 0 fully saturated rings. The lowest BCUT2D eigenvalue weighted by molar-refractivity contribution is 0.0953. The molecular formula is C16H16N2O2S. The average molecular weight is 300 g/mol. The van der Waals surface area contributed by atoms with Crippen molar-refractivity contribution in [3.8, 4) is 0 Å². The first-order chi connectivity index (χ1) is 10.0. The van der Waals surface area contributed by atoms with Crippen LogP contribution in [0.5, 0.6) is 0 Å². The van der Waals surface area contributed by atoms with Gasteiger partial charge in [-0.3, -0.25) is 4.79 Å². The van der Waals surface area contributed by atoms with E-state index in [1.807, 2.05) is 44.2 Å². The molecule has 4 nitrogen and oxygen atoms in total. The minimum atomic E-state index is -0.166. The standard InChI is InChI=1S/C16H16N2O2S/c1-9-3-6-13-12(7-9)14(17)15(21-13)16(19)18-8-11-5-4-10(2)20-11/h3-7H,8,17H2,1-2H3,(H,18,19). The molecule has 3 rings (SSSR count). The predicted octanol–water partition coefficient (Wildman–Crippen LogP) is 3.62. The van der Waals surface area contributed by atoms with E-state index in [9.17, 15) is 4.79 Å². The zero-order valence-corrected chi connectivity index (χ0v) is 12.7. The van der Waals surface area contributed by atoms with E-state index in [4.69, 9.17) is 10.2 Å². The quantitative estimate of drug-likeness (QED) is 0.776. The van der Waals surface area contributed by atoms with Crippen LogP contribution in [0.1, 0.15) is 26.8 Å². The van der Waals surface area contributed by atoms with Gasteiger partial charge in [-0.05, 0) is 38.1 Å². The van der Waals surface area contributed by atoms with E-state index in [-0.39, 0.29) is 5.91 Å². The zero-order valence-electron chi connectivity index (χ0n) is 11.9. The second-order valence-corrected chi connectivity index (χ2v) is 6.09. The van der Waals surface area contributed by atoms with Crippen molar-refractivity contribution in [1.29, 1.82) is 0 Å². The maximum atomic E-state index is 12.3. The van der Waals surface area contributed by atoms with Gasteiger partial charge in [0.15, 0.2) is 0 Å². The number of fused-ring (bicyclic) bond motifs is 1. The molecule has 21 heavy (non-hydrogen) atoms. The number of nitrogens with two attached hydrogens (primary N) is 1. The molecule has 0 unspecified atom stereocenters. The number of benzene rings is 1. The van der Waals surface area contributed by atoms with Crippen molar-refractivity contribution in [3.63, 3.8) is 0 Å². The number of furan rings is 1. The Hall–Kier alpha value is -2.27. The smallest absolute Gasteiger partial charge is 0.263 e. The summed E-state index contributed by atoms with van der Waals surface area (Å²) in [5.74, 6) is 1.40. The summed E-state index contributed by atoms with van der Waals surface area (Å²) in [6.07, 6.45) is 0. The number of carbonyl (C=O) groups excluding carboxylic acids is 1. The van der Waals surface area contributed by atoms with E-state index in [2.05, 4.69) is 5.32 Å². The third kappa shape index (κ3) is 2.64. The van der Waals surface area contributed by atoms with Crippen molar-refractivity contribution in [2.45, 2.75) is 20.4 Å². The van der Waals surface area contributed by atoms with E-state index in [0.29, 0.717) is 17.1 Å². The first-order valence-electron chi connectivity index (χ1n) is 6.67. The van der Waals surface area contributed by atoms with Gasteiger partial charge in [-0.2, -0.15) is 0 Å². The number of carbonyl (C=O) groups is 1. The Morgan fingerprint density at radius 1 is 1.29 bits per heavy atom. The largest absolute Gasteiger partial charge is 0.465 e. The number of amides is 1. The summed E-state index contributed by atoms with van der Waals surface area (Å²) in [5.41, 5.74) is 7.79. The molecule has 0 bridgehead atoms. The van der Waals surface area contributed by atoms with Crippen molar-refractivity contribution < 1.29 is 9.21 Å². The van der Waals surface area contributed by atoms with Crippen LogP contribution in [0.3, 0.4) is 0 Å². The Balaban J connectivity index is 1.82. The van der Waals surface area contributed by atoms with Gasteiger partial charge in [-0.1, -0.05) is 11.6 Å². The molecular weight excluding hydrogens is 284 g/mol. The van der Waals surface area contributed by atoms with Gasteiger partial charge in [0, 0.05) is 10.1 Å². The molecule has 3 aromatic rings. The van der Waals surface area contributed by atoms with Crippen molar-refractivity contribution >= 4 is 33.0 Å². The van der Waals surface area contributed by atoms with Gasteiger partial charge in [-0.25, -0.2) is 0 Å². The maximum Gasteiger partial charge on any atom is 0.263 e. The zero-order chi connectivity index (χ0) is 15.0. The summed E-state index contributed by atoms with van der Waals surface area (Å²) in [6, 6.07) is 9.75. The highest BCUT2D eigenvalue weighted by Crippen LogP contribution is 2.34. The fourth-order valence-electron chi connectivity index (χ4n) is 2.23. The topological polar surface area (TPSA) is 68.3 Å². The van der Waals surface area contributed by atoms with Gasteiger partial charge in [0.05, 0.1) is 12.2 Å². The van der Waals surface area contributed by atoms with Crippen LogP contribution < -0.4 is 11.1 Å². The molecule has 5 heteroatoms. The highest BCUT2D eigenvalue weighted by Gasteiger charge is 2.16. The fraction of sp³-hybridized carbons (Fsp3) is 0.188. The number of aryl methyl sites for hydroxylation is 2. The Morgan fingerprint density at radius 2 is 2.10 bits per heavy atom. The molecule has 2 heterocycles. The van der Waals surface area contributed by atoms with Gasteiger partial charge >= 0.3 is 0 Å². The number of thiophene rings is 1. The van der Waals surface area contributed by atoms with Gasteiger partial charge in [0.2, 0.25) is 0 Å². The summed E-state index contributed by atoms with van der Waals surface area (Å²) in [6.45, 7) is 4.24. The van der Waals surface area contributed by atoms with Crippen LogP contribution in [0.15, 0.2) is 34.7 Å². The maximum absolute atomic E-state index is 12.3. The number of anilines is 1. The van der Waals surface area contributed by atoms with E-state index in [0.717, 1.165) is 27.2 Å². The lowest BCUT2D eigenvalue weighted by Crippen LogP contribution is -2.22. The molecule has 108 valence electrons. The summed E-state index contributed by atoms with van der Waals surface area (Å²) in [4.78, 5) is 12.8. The lowest BCUT2D eigenvalue weighted by Gasteiger charge is -2.02. The van der Waals surface area contributed by atoms with Crippen molar-refractivity contribution in [2.75, 3.05) is 5.73 Å². The first-order valence-corrected chi connectivity index (χ1v) is 7.48. The van der Waals surface area contributed by atoms with Crippen LogP contribution in [-0.4, -0.2) is 5.91 Å². The SMILES string of the molecule is Cc1ccc2sc(C(=O)NCc3ccc(C)o3)c(N)c2c1. The van der Waals surface area contributed by atoms with E-state index in [1.54, 1.807) is 0 Å². The minimum absolute atomic E-state index is 0.166. The van der Waals surface area contributed by atoms with Crippen LogP contribution in [0.2, 0.25) is 0 Å². The molecule has 1 amide bonds. The van der Waals surface area contributed by atoms with Crippen molar-refractivity contribution in [1.82, 2.24) is 5.32 Å². The normalized spacial score (nSPS) is 11.0. The second-order valence-electron chi connectivity index (χ2n) is 5.04. The van der Waals surface area contributed by atoms with Crippen LogP contribution in [0, 0.1) is 13.8 Å². The molecule has 3 N–H and O–H groups in total.